The van der Waals surface area contributed by atoms with Crippen molar-refractivity contribution in [1.82, 2.24) is 15.5 Å². The van der Waals surface area contributed by atoms with Gasteiger partial charge in [0.2, 0.25) is 5.91 Å². The Morgan fingerprint density at radius 2 is 1.82 bits per heavy atom. The van der Waals surface area contributed by atoms with Crippen LogP contribution >= 0.6 is 0 Å². The van der Waals surface area contributed by atoms with Crippen LogP contribution in [0.4, 0.5) is 4.79 Å². The van der Waals surface area contributed by atoms with Gasteiger partial charge in [0.05, 0.1) is 0 Å². The molecule has 0 bridgehead atoms. The van der Waals surface area contributed by atoms with Gasteiger partial charge in [-0.05, 0) is 36.1 Å². The number of imide groups is 1. The highest BCUT2D eigenvalue weighted by molar-refractivity contribution is 6.10. The highest BCUT2D eigenvalue weighted by Crippen LogP contribution is 2.33. The van der Waals surface area contributed by atoms with E-state index in [1.54, 1.807) is 6.92 Å². The van der Waals surface area contributed by atoms with E-state index in [0.717, 1.165) is 46.9 Å². The molecule has 1 saturated heterocycles. The minimum Gasteiger partial charge on any atom is -0.352 e. The average Bonchev–Trinajstić information content (AvgIpc) is 2.92. The first-order chi connectivity index (χ1) is 13.5. The fourth-order valence-corrected chi connectivity index (χ4v) is 4.35. The summed E-state index contributed by atoms with van der Waals surface area (Å²) >= 11 is 0. The van der Waals surface area contributed by atoms with Crippen LogP contribution < -0.4 is 10.6 Å². The summed E-state index contributed by atoms with van der Waals surface area (Å²) in [4.78, 5) is 39.2. The predicted molar refractivity (Wildman–Crippen MR) is 107 cm³/mol. The van der Waals surface area contributed by atoms with Gasteiger partial charge in [0, 0.05) is 6.04 Å². The number of carbonyl (C=O) groups excluding carboxylic acids is 3. The van der Waals surface area contributed by atoms with Crippen molar-refractivity contribution in [3.63, 3.8) is 0 Å². The Labute approximate surface area is 164 Å². The fourth-order valence-electron chi connectivity index (χ4n) is 4.35. The van der Waals surface area contributed by atoms with E-state index < -0.39 is 17.5 Å². The first-order valence-electron chi connectivity index (χ1n) is 9.91. The number of rotatable bonds is 4. The molecule has 146 valence electrons. The van der Waals surface area contributed by atoms with Crippen LogP contribution in [0.5, 0.6) is 0 Å². The van der Waals surface area contributed by atoms with Crippen LogP contribution in [0.1, 0.15) is 44.6 Å². The third kappa shape index (κ3) is 3.23. The van der Waals surface area contributed by atoms with Crippen molar-refractivity contribution in [1.29, 1.82) is 0 Å². The van der Waals surface area contributed by atoms with E-state index in [1.807, 2.05) is 42.5 Å². The quantitative estimate of drug-likeness (QED) is 0.802. The second-order valence-electron chi connectivity index (χ2n) is 7.88. The zero-order valence-corrected chi connectivity index (χ0v) is 16.0. The maximum absolute atomic E-state index is 13.2. The second-order valence-corrected chi connectivity index (χ2v) is 7.88. The van der Waals surface area contributed by atoms with Crippen molar-refractivity contribution >= 4 is 28.6 Å². The number of hydrogen-bond donors (Lipinski definition) is 2. The molecule has 0 spiro atoms. The Morgan fingerprint density at radius 3 is 2.61 bits per heavy atom. The highest BCUT2D eigenvalue weighted by atomic mass is 16.2. The normalized spacial score (nSPS) is 23.1. The van der Waals surface area contributed by atoms with Crippen LogP contribution in [0.15, 0.2) is 42.5 Å². The topological polar surface area (TPSA) is 78.5 Å². The maximum Gasteiger partial charge on any atom is 0.325 e. The number of hydrogen-bond acceptors (Lipinski definition) is 3. The van der Waals surface area contributed by atoms with Gasteiger partial charge in [-0.15, -0.1) is 0 Å². The van der Waals surface area contributed by atoms with E-state index in [4.69, 9.17) is 0 Å². The molecule has 6 heteroatoms. The van der Waals surface area contributed by atoms with Crippen LogP contribution in [0.2, 0.25) is 0 Å². The zero-order valence-electron chi connectivity index (χ0n) is 16.0. The summed E-state index contributed by atoms with van der Waals surface area (Å²) in [6.07, 6.45) is 5.32. The standard InChI is InChI=1S/C22H25N3O3/c1-22(18-13-7-9-15-8-5-6-12-17(15)18)20(27)25(21(28)24-22)14-19(26)23-16-10-3-2-4-11-16/h5-9,12-13,16H,2-4,10-11,14H2,1H3,(H,23,26)(H,24,28). The van der Waals surface area contributed by atoms with E-state index >= 15 is 0 Å². The summed E-state index contributed by atoms with van der Waals surface area (Å²) in [7, 11) is 0. The number of carbonyl (C=O) groups is 3. The number of urea groups is 1. The first kappa shape index (κ1) is 18.5. The van der Waals surface area contributed by atoms with Gasteiger partial charge in [0.25, 0.3) is 5.91 Å². The van der Waals surface area contributed by atoms with Crippen molar-refractivity contribution in [3.05, 3.63) is 48.0 Å². The van der Waals surface area contributed by atoms with Crippen LogP contribution in [0.25, 0.3) is 10.8 Å². The molecule has 4 rings (SSSR count). The molecule has 1 atom stereocenters. The Balaban J connectivity index is 1.55. The molecular formula is C22H25N3O3. The molecule has 0 aromatic heterocycles. The lowest BCUT2D eigenvalue weighted by atomic mass is 9.88. The first-order valence-corrected chi connectivity index (χ1v) is 9.91. The minimum absolute atomic E-state index is 0.145. The Bertz CT molecular complexity index is 930. The van der Waals surface area contributed by atoms with Crippen molar-refractivity contribution in [3.8, 4) is 0 Å². The SMILES string of the molecule is CC1(c2cccc3ccccc23)NC(=O)N(CC(=O)NC2CCCCC2)C1=O. The molecule has 1 heterocycles. The molecule has 2 aromatic rings. The number of nitrogens with zero attached hydrogens (tertiary/aromatic N) is 1. The van der Waals surface area contributed by atoms with Gasteiger partial charge in [-0.25, -0.2) is 4.79 Å². The summed E-state index contributed by atoms with van der Waals surface area (Å²) < 4.78 is 0. The van der Waals surface area contributed by atoms with Crippen LogP contribution in [-0.4, -0.2) is 35.3 Å². The van der Waals surface area contributed by atoms with Gasteiger partial charge in [-0.2, -0.15) is 0 Å². The van der Waals surface area contributed by atoms with E-state index in [2.05, 4.69) is 10.6 Å². The van der Waals surface area contributed by atoms with Crippen LogP contribution in [0.3, 0.4) is 0 Å². The Morgan fingerprint density at radius 1 is 1.11 bits per heavy atom. The van der Waals surface area contributed by atoms with Crippen molar-refractivity contribution < 1.29 is 14.4 Å². The second kappa shape index (κ2) is 7.26. The molecule has 1 saturated carbocycles. The Hall–Kier alpha value is -2.89. The van der Waals surface area contributed by atoms with Gasteiger partial charge < -0.3 is 10.6 Å². The largest absolute Gasteiger partial charge is 0.352 e. The molecule has 1 unspecified atom stereocenters. The van der Waals surface area contributed by atoms with E-state index in [1.165, 1.54) is 6.42 Å². The Kier molecular flexibility index (Phi) is 4.79. The van der Waals surface area contributed by atoms with Gasteiger partial charge in [-0.3, -0.25) is 14.5 Å². The van der Waals surface area contributed by atoms with E-state index in [-0.39, 0.29) is 18.5 Å². The zero-order chi connectivity index (χ0) is 19.7. The van der Waals surface area contributed by atoms with E-state index in [9.17, 15) is 14.4 Å². The molecule has 1 aliphatic heterocycles. The van der Waals surface area contributed by atoms with Crippen LogP contribution in [0, 0.1) is 0 Å². The van der Waals surface area contributed by atoms with Gasteiger partial charge in [0.1, 0.15) is 12.1 Å². The molecule has 4 amide bonds. The van der Waals surface area contributed by atoms with Crippen LogP contribution in [-0.2, 0) is 15.1 Å². The maximum atomic E-state index is 13.2. The third-order valence-electron chi connectivity index (χ3n) is 5.88. The number of fused-ring (bicyclic) bond motifs is 1. The lowest BCUT2D eigenvalue weighted by molar-refractivity contribution is -0.135. The monoisotopic (exact) mass is 379 g/mol. The smallest absolute Gasteiger partial charge is 0.325 e. The molecule has 1 aliphatic carbocycles. The fraction of sp³-hybridized carbons (Fsp3) is 0.409. The molecule has 2 N–H and O–H groups in total. The molecule has 0 radical (unpaired) electrons. The highest BCUT2D eigenvalue weighted by Gasteiger charge is 2.50. The predicted octanol–water partition coefficient (Wildman–Crippen LogP) is 3.06. The summed E-state index contributed by atoms with van der Waals surface area (Å²) in [5, 5.41) is 7.68. The molecule has 28 heavy (non-hydrogen) atoms. The minimum atomic E-state index is -1.19. The lowest BCUT2D eigenvalue weighted by Crippen LogP contribution is -2.46. The van der Waals surface area contributed by atoms with E-state index in [0.29, 0.717) is 0 Å². The van der Waals surface area contributed by atoms with Gasteiger partial charge in [-0.1, -0.05) is 61.7 Å². The van der Waals surface area contributed by atoms with Crippen molar-refractivity contribution in [2.75, 3.05) is 6.54 Å². The molecule has 2 fully saturated rings. The molecule has 2 aromatic carbocycles. The molecule has 2 aliphatic rings. The van der Waals surface area contributed by atoms with Crippen molar-refractivity contribution in [2.45, 2.75) is 50.6 Å². The third-order valence-corrected chi connectivity index (χ3v) is 5.88. The summed E-state index contributed by atoms with van der Waals surface area (Å²) in [5.41, 5.74) is -0.456. The molecular weight excluding hydrogens is 354 g/mol. The number of amides is 4. The summed E-state index contributed by atoms with van der Waals surface area (Å²) in [6, 6.07) is 13.1. The lowest BCUT2D eigenvalue weighted by Gasteiger charge is -2.25. The van der Waals surface area contributed by atoms with Gasteiger partial charge in [0.15, 0.2) is 0 Å². The van der Waals surface area contributed by atoms with Gasteiger partial charge >= 0.3 is 6.03 Å². The van der Waals surface area contributed by atoms with Crippen molar-refractivity contribution in [2.24, 2.45) is 0 Å². The summed E-state index contributed by atoms with van der Waals surface area (Å²) in [5.74, 6) is -0.676. The molecule has 6 nitrogen and oxygen atoms in total. The number of benzene rings is 2. The summed E-state index contributed by atoms with van der Waals surface area (Å²) in [6.45, 7) is 1.45. The number of nitrogens with one attached hydrogen (secondary N) is 2. The average molecular weight is 379 g/mol.